The van der Waals surface area contributed by atoms with Crippen molar-refractivity contribution in [3.63, 3.8) is 0 Å². The monoisotopic (exact) mass is 463 g/mol. The topological polar surface area (TPSA) is 65.9 Å². The standard InChI is InChI=1S/C19H33N3O2.HI/c1-3-5-13-24-14-9-12-21-19(20-4-2)22-16-18(23)15-17-10-7-6-8-11-17;/h6-8,10-11,18,23H,3-5,9,12-16H2,1-2H3,(H2,20,21,22);1H. The number of nitrogens with zero attached hydrogens (tertiary/aromatic N) is 1. The van der Waals surface area contributed by atoms with Crippen molar-refractivity contribution in [1.82, 2.24) is 10.6 Å². The maximum Gasteiger partial charge on any atom is 0.191 e. The SMILES string of the molecule is CCCCOCCCNC(=NCC(O)Cc1ccccc1)NCC.I. The first-order valence-corrected chi connectivity index (χ1v) is 9.08. The first kappa shape index (κ1) is 24.1. The molecule has 0 aliphatic heterocycles. The van der Waals surface area contributed by atoms with Crippen LogP contribution in [0.25, 0.3) is 0 Å². The number of benzene rings is 1. The lowest BCUT2D eigenvalue weighted by atomic mass is 10.1. The van der Waals surface area contributed by atoms with Gasteiger partial charge in [0, 0.05) is 32.7 Å². The van der Waals surface area contributed by atoms with E-state index in [0.717, 1.165) is 50.7 Å². The van der Waals surface area contributed by atoms with Crippen LogP contribution in [0, 0.1) is 0 Å². The van der Waals surface area contributed by atoms with Gasteiger partial charge in [0.05, 0.1) is 12.6 Å². The van der Waals surface area contributed by atoms with Crippen molar-refractivity contribution < 1.29 is 9.84 Å². The first-order valence-electron chi connectivity index (χ1n) is 9.08. The Bertz CT molecular complexity index is 444. The van der Waals surface area contributed by atoms with Crippen molar-refractivity contribution in [1.29, 1.82) is 0 Å². The number of unbranched alkanes of at least 4 members (excludes halogenated alkanes) is 1. The zero-order chi connectivity index (χ0) is 17.5. The molecule has 0 heterocycles. The van der Waals surface area contributed by atoms with E-state index in [9.17, 15) is 5.11 Å². The quantitative estimate of drug-likeness (QED) is 0.193. The minimum Gasteiger partial charge on any atom is -0.391 e. The predicted molar refractivity (Wildman–Crippen MR) is 116 cm³/mol. The van der Waals surface area contributed by atoms with E-state index in [1.165, 1.54) is 6.42 Å². The first-order chi connectivity index (χ1) is 11.8. The number of aliphatic hydroxyl groups is 1. The third kappa shape index (κ3) is 13.1. The van der Waals surface area contributed by atoms with Gasteiger partial charge in [-0.1, -0.05) is 43.7 Å². The minimum absolute atomic E-state index is 0. The molecule has 1 unspecified atom stereocenters. The Morgan fingerprint density at radius 3 is 2.52 bits per heavy atom. The molecule has 0 radical (unpaired) electrons. The molecule has 144 valence electrons. The van der Waals surface area contributed by atoms with Crippen LogP contribution in [0.15, 0.2) is 35.3 Å². The molecule has 0 spiro atoms. The van der Waals surface area contributed by atoms with Gasteiger partial charge in [-0.2, -0.15) is 0 Å². The fourth-order valence-corrected chi connectivity index (χ4v) is 2.22. The van der Waals surface area contributed by atoms with Crippen LogP contribution in [0.5, 0.6) is 0 Å². The average Bonchev–Trinajstić information content (AvgIpc) is 2.59. The van der Waals surface area contributed by atoms with E-state index in [1.54, 1.807) is 0 Å². The Labute approximate surface area is 169 Å². The zero-order valence-electron chi connectivity index (χ0n) is 15.5. The maximum absolute atomic E-state index is 10.1. The van der Waals surface area contributed by atoms with Crippen LogP contribution >= 0.6 is 24.0 Å². The molecular weight excluding hydrogens is 429 g/mol. The van der Waals surface area contributed by atoms with Gasteiger partial charge in [-0.05, 0) is 25.3 Å². The van der Waals surface area contributed by atoms with E-state index in [0.29, 0.717) is 13.0 Å². The molecule has 0 aliphatic rings. The van der Waals surface area contributed by atoms with E-state index in [4.69, 9.17) is 4.74 Å². The Balaban J connectivity index is 0.00000576. The summed E-state index contributed by atoms with van der Waals surface area (Å²) in [4.78, 5) is 4.46. The smallest absolute Gasteiger partial charge is 0.191 e. The lowest BCUT2D eigenvalue weighted by molar-refractivity contribution is 0.129. The third-order valence-corrected chi connectivity index (χ3v) is 3.52. The second-order valence-electron chi connectivity index (χ2n) is 5.81. The van der Waals surface area contributed by atoms with Gasteiger partial charge in [-0.25, -0.2) is 0 Å². The van der Waals surface area contributed by atoms with E-state index >= 15 is 0 Å². The van der Waals surface area contributed by atoms with Crippen LogP contribution in [-0.4, -0.2) is 50.0 Å². The molecule has 0 aromatic heterocycles. The summed E-state index contributed by atoms with van der Waals surface area (Å²) in [5, 5.41) is 16.6. The average molecular weight is 463 g/mol. The van der Waals surface area contributed by atoms with Crippen LogP contribution in [0.1, 0.15) is 38.7 Å². The van der Waals surface area contributed by atoms with E-state index in [1.807, 2.05) is 37.3 Å². The summed E-state index contributed by atoms with van der Waals surface area (Å²) >= 11 is 0. The van der Waals surface area contributed by atoms with E-state index in [2.05, 4.69) is 22.5 Å². The molecule has 1 atom stereocenters. The molecule has 5 nitrogen and oxygen atoms in total. The zero-order valence-corrected chi connectivity index (χ0v) is 17.9. The number of halogens is 1. The molecule has 0 saturated heterocycles. The molecule has 1 aromatic carbocycles. The summed E-state index contributed by atoms with van der Waals surface area (Å²) in [7, 11) is 0. The van der Waals surface area contributed by atoms with Crippen LogP contribution in [0.3, 0.4) is 0 Å². The number of hydrogen-bond acceptors (Lipinski definition) is 3. The second-order valence-corrected chi connectivity index (χ2v) is 5.81. The number of guanidine groups is 1. The summed E-state index contributed by atoms with van der Waals surface area (Å²) in [5.41, 5.74) is 1.13. The van der Waals surface area contributed by atoms with Gasteiger partial charge in [-0.15, -0.1) is 24.0 Å². The van der Waals surface area contributed by atoms with Crippen molar-refractivity contribution in [2.24, 2.45) is 4.99 Å². The summed E-state index contributed by atoms with van der Waals surface area (Å²) in [6, 6.07) is 10.00. The van der Waals surface area contributed by atoms with Crippen LogP contribution in [0.2, 0.25) is 0 Å². The van der Waals surface area contributed by atoms with Crippen molar-refractivity contribution in [3.05, 3.63) is 35.9 Å². The highest BCUT2D eigenvalue weighted by atomic mass is 127. The van der Waals surface area contributed by atoms with Crippen molar-refractivity contribution in [2.45, 2.75) is 45.6 Å². The van der Waals surface area contributed by atoms with Gasteiger partial charge in [-0.3, -0.25) is 4.99 Å². The number of aliphatic hydroxyl groups excluding tert-OH is 1. The summed E-state index contributed by atoms with van der Waals surface area (Å²) in [5.74, 6) is 0.748. The van der Waals surface area contributed by atoms with Gasteiger partial charge in [0.2, 0.25) is 0 Å². The van der Waals surface area contributed by atoms with Crippen LogP contribution in [-0.2, 0) is 11.2 Å². The summed E-state index contributed by atoms with van der Waals surface area (Å²) in [6.45, 7) is 7.80. The Morgan fingerprint density at radius 1 is 1.12 bits per heavy atom. The molecular formula is C19H34IN3O2. The molecule has 3 N–H and O–H groups in total. The van der Waals surface area contributed by atoms with Crippen LogP contribution < -0.4 is 10.6 Å². The second kappa shape index (κ2) is 16.6. The molecule has 0 aliphatic carbocycles. The lowest BCUT2D eigenvalue weighted by Crippen LogP contribution is -2.38. The third-order valence-electron chi connectivity index (χ3n) is 3.52. The predicted octanol–water partition coefficient (Wildman–Crippen LogP) is 2.97. The highest BCUT2D eigenvalue weighted by Crippen LogP contribution is 2.03. The number of hydrogen-bond donors (Lipinski definition) is 3. The molecule has 0 bridgehead atoms. The number of nitrogens with one attached hydrogen (secondary N) is 2. The molecule has 1 aromatic rings. The lowest BCUT2D eigenvalue weighted by Gasteiger charge is -2.13. The molecule has 0 amide bonds. The van der Waals surface area contributed by atoms with Gasteiger partial charge in [0.1, 0.15) is 0 Å². The van der Waals surface area contributed by atoms with Crippen LogP contribution in [0.4, 0.5) is 0 Å². The summed E-state index contributed by atoms with van der Waals surface area (Å²) in [6.07, 6.45) is 3.38. The van der Waals surface area contributed by atoms with Gasteiger partial charge < -0.3 is 20.5 Å². The molecule has 0 fully saturated rings. The van der Waals surface area contributed by atoms with Gasteiger partial charge in [0.25, 0.3) is 0 Å². The molecule has 1 rings (SSSR count). The van der Waals surface area contributed by atoms with Gasteiger partial charge >= 0.3 is 0 Å². The van der Waals surface area contributed by atoms with Crippen molar-refractivity contribution >= 4 is 29.9 Å². The highest BCUT2D eigenvalue weighted by Gasteiger charge is 2.05. The van der Waals surface area contributed by atoms with Crippen molar-refractivity contribution in [2.75, 3.05) is 32.8 Å². The Hall–Kier alpha value is -0.860. The number of rotatable bonds is 12. The Kier molecular flexibility index (Phi) is 16.0. The van der Waals surface area contributed by atoms with E-state index in [-0.39, 0.29) is 24.0 Å². The minimum atomic E-state index is -0.472. The fraction of sp³-hybridized carbons (Fsp3) is 0.632. The van der Waals surface area contributed by atoms with E-state index < -0.39 is 6.10 Å². The molecule has 25 heavy (non-hydrogen) atoms. The molecule has 6 heteroatoms. The maximum atomic E-state index is 10.1. The normalized spacial score (nSPS) is 12.4. The van der Waals surface area contributed by atoms with Crippen molar-refractivity contribution in [3.8, 4) is 0 Å². The number of ether oxygens (including phenoxy) is 1. The van der Waals surface area contributed by atoms with Gasteiger partial charge in [0.15, 0.2) is 5.96 Å². The Morgan fingerprint density at radius 2 is 1.84 bits per heavy atom. The molecule has 0 saturated carbocycles. The summed E-state index contributed by atoms with van der Waals surface area (Å²) < 4.78 is 5.54. The number of aliphatic imine (C=N–C) groups is 1. The largest absolute Gasteiger partial charge is 0.391 e. The fourth-order valence-electron chi connectivity index (χ4n) is 2.22. The highest BCUT2D eigenvalue weighted by molar-refractivity contribution is 14.0.